The number of pyridine rings is 1. The van der Waals surface area contributed by atoms with Gasteiger partial charge in [-0.1, -0.05) is 0 Å². The van der Waals surface area contributed by atoms with Gasteiger partial charge in [-0.05, 0) is 38.4 Å². The van der Waals surface area contributed by atoms with Crippen LogP contribution >= 0.6 is 0 Å². The number of hydrogen-bond acceptors (Lipinski definition) is 5. The van der Waals surface area contributed by atoms with Crippen molar-refractivity contribution in [3.05, 3.63) is 36.0 Å². The Kier molecular flexibility index (Phi) is 4.57. The highest BCUT2D eigenvalue weighted by molar-refractivity contribution is 5.92. The van der Waals surface area contributed by atoms with Gasteiger partial charge in [-0.25, -0.2) is 9.97 Å². The molecule has 0 bridgehead atoms. The van der Waals surface area contributed by atoms with Gasteiger partial charge in [0.05, 0.1) is 19.1 Å². The smallest absolute Gasteiger partial charge is 0.270 e. The van der Waals surface area contributed by atoms with E-state index in [-0.39, 0.29) is 11.9 Å². The first-order valence-corrected chi connectivity index (χ1v) is 7.75. The van der Waals surface area contributed by atoms with E-state index >= 15 is 0 Å². The zero-order valence-corrected chi connectivity index (χ0v) is 13.4. The number of carbonyl (C=O) groups is 1. The van der Waals surface area contributed by atoms with Crippen LogP contribution in [0.25, 0.3) is 5.69 Å². The van der Waals surface area contributed by atoms with Crippen LogP contribution in [0.15, 0.2) is 24.7 Å². The lowest BCUT2D eigenvalue weighted by atomic mass is 10.1. The largest absolute Gasteiger partial charge is 0.479 e. The number of aromatic nitrogens is 3. The van der Waals surface area contributed by atoms with Crippen molar-refractivity contribution in [1.82, 2.24) is 25.2 Å². The number of piperidine rings is 1. The van der Waals surface area contributed by atoms with Crippen molar-refractivity contribution in [2.45, 2.75) is 25.8 Å². The van der Waals surface area contributed by atoms with Crippen molar-refractivity contribution in [2.75, 3.05) is 20.2 Å². The maximum absolute atomic E-state index is 12.4. The fourth-order valence-electron chi connectivity index (χ4n) is 2.69. The monoisotopic (exact) mass is 315 g/mol. The summed E-state index contributed by atoms with van der Waals surface area (Å²) in [5.41, 5.74) is 2.01. The Morgan fingerprint density at radius 2 is 2.35 bits per heavy atom. The fraction of sp³-hybridized carbons (Fsp3) is 0.438. The van der Waals surface area contributed by atoms with Gasteiger partial charge in [-0.15, -0.1) is 0 Å². The summed E-state index contributed by atoms with van der Waals surface area (Å²) in [5, 5.41) is 6.29. The van der Waals surface area contributed by atoms with Crippen LogP contribution in [-0.4, -0.2) is 46.7 Å². The van der Waals surface area contributed by atoms with Gasteiger partial charge in [0.25, 0.3) is 5.91 Å². The molecule has 1 aliphatic rings. The standard InChI is InChI=1S/C16H21N5O2/c1-11-9-21(10-18-11)14-6-5-13(20-16(14)23-2)15(22)19-12-4-3-7-17-8-12/h5-6,9-10,12,17H,3-4,7-8H2,1-2H3,(H,19,22). The SMILES string of the molecule is COc1nc(C(=O)NC2CCCNC2)ccc1-n1cnc(C)c1. The first-order valence-electron chi connectivity index (χ1n) is 7.75. The molecule has 2 aromatic heterocycles. The topological polar surface area (TPSA) is 81.1 Å². The molecule has 0 radical (unpaired) electrons. The summed E-state index contributed by atoms with van der Waals surface area (Å²) in [5.74, 6) is 0.224. The molecule has 0 aromatic carbocycles. The molecule has 1 unspecified atom stereocenters. The molecule has 3 heterocycles. The quantitative estimate of drug-likeness (QED) is 0.882. The summed E-state index contributed by atoms with van der Waals surface area (Å²) in [6.07, 6.45) is 5.64. The Labute approximate surface area is 135 Å². The highest BCUT2D eigenvalue weighted by atomic mass is 16.5. The van der Waals surface area contributed by atoms with Gasteiger partial charge in [0, 0.05) is 18.8 Å². The van der Waals surface area contributed by atoms with Gasteiger partial charge in [0.1, 0.15) is 11.4 Å². The summed E-state index contributed by atoms with van der Waals surface area (Å²) in [6.45, 7) is 3.73. The molecule has 1 saturated heterocycles. The van der Waals surface area contributed by atoms with Crippen molar-refractivity contribution in [3.63, 3.8) is 0 Å². The Morgan fingerprint density at radius 3 is 3.00 bits per heavy atom. The highest BCUT2D eigenvalue weighted by Crippen LogP contribution is 2.21. The van der Waals surface area contributed by atoms with Crippen LogP contribution < -0.4 is 15.4 Å². The number of nitrogens with one attached hydrogen (secondary N) is 2. The van der Waals surface area contributed by atoms with Gasteiger partial charge in [-0.2, -0.15) is 0 Å². The average molecular weight is 315 g/mol. The number of aryl methyl sites for hydroxylation is 1. The zero-order chi connectivity index (χ0) is 16.2. The minimum absolute atomic E-state index is 0.153. The molecule has 0 aliphatic carbocycles. The van der Waals surface area contributed by atoms with Crippen LogP contribution in [0.2, 0.25) is 0 Å². The van der Waals surface area contributed by atoms with Gasteiger partial charge in [0.15, 0.2) is 0 Å². The second-order valence-corrected chi connectivity index (χ2v) is 5.66. The van der Waals surface area contributed by atoms with Crippen molar-refractivity contribution in [1.29, 1.82) is 0 Å². The van der Waals surface area contributed by atoms with Crippen molar-refractivity contribution in [3.8, 4) is 11.6 Å². The lowest BCUT2D eigenvalue weighted by Gasteiger charge is -2.23. The summed E-state index contributed by atoms with van der Waals surface area (Å²) >= 11 is 0. The molecule has 2 aromatic rings. The summed E-state index contributed by atoms with van der Waals surface area (Å²) in [7, 11) is 1.54. The van der Waals surface area contributed by atoms with Crippen LogP contribution in [-0.2, 0) is 0 Å². The van der Waals surface area contributed by atoms with Crippen molar-refractivity contribution < 1.29 is 9.53 Å². The van der Waals surface area contributed by atoms with E-state index in [2.05, 4.69) is 20.6 Å². The normalized spacial score (nSPS) is 17.7. The maximum Gasteiger partial charge on any atom is 0.270 e. The van der Waals surface area contributed by atoms with Crippen LogP contribution in [0, 0.1) is 6.92 Å². The Balaban J connectivity index is 1.79. The molecule has 7 heteroatoms. The lowest BCUT2D eigenvalue weighted by molar-refractivity contribution is 0.0924. The third-order valence-electron chi connectivity index (χ3n) is 3.89. The minimum Gasteiger partial charge on any atom is -0.479 e. The van der Waals surface area contributed by atoms with E-state index < -0.39 is 0 Å². The van der Waals surface area contributed by atoms with E-state index in [1.54, 1.807) is 19.5 Å². The van der Waals surface area contributed by atoms with E-state index in [1.807, 2.05) is 23.8 Å². The maximum atomic E-state index is 12.4. The predicted octanol–water partition coefficient (Wildman–Crippen LogP) is 1.07. The molecule has 1 atom stereocenters. The summed E-state index contributed by atoms with van der Waals surface area (Å²) in [4.78, 5) is 20.9. The third kappa shape index (κ3) is 3.50. The molecule has 1 aliphatic heterocycles. The lowest BCUT2D eigenvalue weighted by Crippen LogP contribution is -2.45. The van der Waals surface area contributed by atoms with Crippen LogP contribution in [0.5, 0.6) is 5.88 Å². The predicted molar refractivity (Wildman–Crippen MR) is 86.0 cm³/mol. The molecule has 2 N–H and O–H groups in total. The number of imidazole rings is 1. The van der Waals surface area contributed by atoms with E-state index in [0.717, 1.165) is 37.3 Å². The summed E-state index contributed by atoms with van der Waals surface area (Å²) in [6, 6.07) is 3.68. The first-order chi connectivity index (χ1) is 11.2. The number of ether oxygens (including phenoxy) is 1. The van der Waals surface area contributed by atoms with Gasteiger partial charge < -0.3 is 19.9 Å². The number of methoxy groups -OCH3 is 1. The van der Waals surface area contributed by atoms with Crippen LogP contribution in [0.4, 0.5) is 0 Å². The second-order valence-electron chi connectivity index (χ2n) is 5.66. The Hall–Kier alpha value is -2.41. The third-order valence-corrected chi connectivity index (χ3v) is 3.89. The van der Waals surface area contributed by atoms with Gasteiger partial charge in [-0.3, -0.25) is 4.79 Å². The molecule has 1 amide bonds. The number of nitrogens with zero attached hydrogens (tertiary/aromatic N) is 3. The second kappa shape index (κ2) is 6.78. The highest BCUT2D eigenvalue weighted by Gasteiger charge is 2.18. The van der Waals surface area contributed by atoms with Crippen molar-refractivity contribution >= 4 is 5.91 Å². The Morgan fingerprint density at radius 1 is 1.48 bits per heavy atom. The molecule has 1 fully saturated rings. The number of rotatable bonds is 4. The molecule has 7 nitrogen and oxygen atoms in total. The fourth-order valence-corrected chi connectivity index (χ4v) is 2.69. The van der Waals surface area contributed by atoms with Crippen LogP contribution in [0.3, 0.4) is 0 Å². The van der Waals surface area contributed by atoms with Gasteiger partial charge >= 0.3 is 0 Å². The minimum atomic E-state index is -0.176. The van der Waals surface area contributed by atoms with E-state index in [1.165, 1.54) is 0 Å². The van der Waals surface area contributed by atoms with E-state index in [9.17, 15) is 4.79 Å². The number of hydrogen-bond donors (Lipinski definition) is 2. The Bertz CT molecular complexity index is 692. The molecular formula is C16H21N5O2. The first kappa shape index (κ1) is 15.5. The molecule has 0 spiro atoms. The molecular weight excluding hydrogens is 294 g/mol. The summed E-state index contributed by atoms with van der Waals surface area (Å²) < 4.78 is 7.17. The molecule has 0 saturated carbocycles. The zero-order valence-electron chi connectivity index (χ0n) is 13.4. The molecule has 23 heavy (non-hydrogen) atoms. The van der Waals surface area contributed by atoms with E-state index in [4.69, 9.17) is 4.74 Å². The number of carbonyl (C=O) groups excluding carboxylic acids is 1. The molecule has 3 rings (SSSR count). The van der Waals surface area contributed by atoms with Gasteiger partial charge in [0.2, 0.25) is 5.88 Å². The van der Waals surface area contributed by atoms with Crippen LogP contribution in [0.1, 0.15) is 29.0 Å². The number of amides is 1. The molecule has 122 valence electrons. The van der Waals surface area contributed by atoms with E-state index in [0.29, 0.717) is 11.6 Å². The average Bonchev–Trinajstić information content (AvgIpc) is 3.01. The van der Waals surface area contributed by atoms with Crippen molar-refractivity contribution in [2.24, 2.45) is 0 Å².